The molecule has 4 aromatic rings. The maximum atomic E-state index is 13.4. The quantitative estimate of drug-likeness (QED) is 0.261. The molecule has 0 aliphatic carbocycles. The van der Waals surface area contributed by atoms with Crippen molar-refractivity contribution in [2.24, 2.45) is 0 Å². The van der Waals surface area contributed by atoms with E-state index in [2.05, 4.69) is 15.3 Å². The smallest absolute Gasteiger partial charge is 0.336 e. The van der Waals surface area contributed by atoms with E-state index in [0.717, 1.165) is 4.68 Å². The molecule has 4 rings (SSSR count). The Bertz CT molecular complexity index is 1420. The van der Waals surface area contributed by atoms with Crippen LogP contribution in [0.2, 0.25) is 5.02 Å². The summed E-state index contributed by atoms with van der Waals surface area (Å²) >= 11 is 6.16. The minimum atomic E-state index is -5.00. The van der Waals surface area contributed by atoms with Crippen LogP contribution in [0.15, 0.2) is 67.0 Å². The number of amides is 1. The molecule has 0 N–H and O–H groups in total. The fraction of sp³-hybridized carbons (Fsp3) is 0.200. The molecule has 0 saturated carbocycles. The van der Waals surface area contributed by atoms with Gasteiger partial charge in [0, 0.05) is 42.1 Å². The zero-order valence-electron chi connectivity index (χ0n) is 19.6. The summed E-state index contributed by atoms with van der Waals surface area (Å²) in [6.07, 6.45) is -7.02. The second-order valence-corrected chi connectivity index (χ2v) is 8.76. The van der Waals surface area contributed by atoms with Crippen LogP contribution in [0, 0.1) is 0 Å². The van der Waals surface area contributed by atoms with Gasteiger partial charge in [-0.05, 0) is 29.8 Å². The molecule has 0 bridgehead atoms. The van der Waals surface area contributed by atoms with Crippen LogP contribution in [-0.4, -0.2) is 37.8 Å². The maximum absolute atomic E-state index is 13.4. The van der Waals surface area contributed by atoms with Crippen LogP contribution >= 0.6 is 11.6 Å². The second-order valence-electron chi connectivity index (χ2n) is 8.35. The first-order valence-electron chi connectivity index (χ1n) is 11.0. The molecular weight excluding hydrogens is 536 g/mol. The van der Waals surface area contributed by atoms with Gasteiger partial charge < -0.3 is 4.90 Å². The number of halogens is 7. The summed E-state index contributed by atoms with van der Waals surface area (Å²) in [6.45, 7) is -0.440. The third-order valence-electron chi connectivity index (χ3n) is 5.56. The highest BCUT2D eigenvalue weighted by molar-refractivity contribution is 6.31. The Morgan fingerprint density at radius 3 is 2.18 bits per heavy atom. The summed E-state index contributed by atoms with van der Waals surface area (Å²) < 4.78 is 81.3. The summed E-state index contributed by atoms with van der Waals surface area (Å²) in [5.41, 5.74) is -2.23. The minimum Gasteiger partial charge on any atom is -0.336 e. The normalized spacial score (nSPS) is 12.0. The summed E-state index contributed by atoms with van der Waals surface area (Å²) in [5, 5.41) is 8.25. The zero-order chi connectivity index (χ0) is 27.7. The summed E-state index contributed by atoms with van der Waals surface area (Å²) in [7, 11) is 1.49. The highest BCUT2D eigenvalue weighted by atomic mass is 35.5. The number of nitrogens with zero attached hydrogens (tertiary/aromatic N) is 5. The van der Waals surface area contributed by atoms with Crippen molar-refractivity contribution in [3.8, 4) is 11.3 Å². The molecule has 0 fully saturated rings. The molecule has 2 aromatic heterocycles. The van der Waals surface area contributed by atoms with Crippen molar-refractivity contribution in [3.05, 3.63) is 100.0 Å². The molecule has 13 heteroatoms. The lowest BCUT2D eigenvalue weighted by Crippen LogP contribution is -2.27. The van der Waals surface area contributed by atoms with Crippen molar-refractivity contribution in [2.75, 3.05) is 7.05 Å². The Morgan fingerprint density at radius 1 is 0.974 bits per heavy atom. The molecule has 6 nitrogen and oxygen atoms in total. The van der Waals surface area contributed by atoms with E-state index in [0.29, 0.717) is 28.3 Å². The molecule has 0 atom stereocenters. The average molecular weight is 554 g/mol. The molecule has 2 aromatic carbocycles. The molecule has 2 heterocycles. The lowest BCUT2D eigenvalue weighted by molar-refractivity contribution is -0.143. The van der Waals surface area contributed by atoms with Crippen LogP contribution in [0.1, 0.15) is 32.7 Å². The van der Waals surface area contributed by atoms with E-state index in [1.807, 2.05) is 0 Å². The highest BCUT2D eigenvalue weighted by Crippen LogP contribution is 2.37. The second kappa shape index (κ2) is 10.4. The third-order valence-corrected chi connectivity index (χ3v) is 5.93. The van der Waals surface area contributed by atoms with Crippen molar-refractivity contribution < 1.29 is 31.1 Å². The van der Waals surface area contributed by atoms with Gasteiger partial charge >= 0.3 is 12.4 Å². The number of hydrogen-bond donors (Lipinski definition) is 0. The molecule has 0 unspecified atom stereocenters. The molecule has 0 aliphatic heterocycles. The molecule has 198 valence electrons. The largest absolute Gasteiger partial charge is 0.416 e. The predicted octanol–water partition coefficient (Wildman–Crippen LogP) is 6.35. The molecule has 0 saturated heterocycles. The first-order valence-corrected chi connectivity index (χ1v) is 11.3. The Morgan fingerprint density at radius 2 is 1.61 bits per heavy atom. The molecular formula is C25H18ClF6N5O. The van der Waals surface area contributed by atoms with Crippen LogP contribution < -0.4 is 0 Å². The van der Waals surface area contributed by atoms with Crippen LogP contribution in [0.4, 0.5) is 26.3 Å². The first-order chi connectivity index (χ1) is 17.8. The van der Waals surface area contributed by atoms with E-state index in [-0.39, 0.29) is 29.6 Å². The van der Waals surface area contributed by atoms with Gasteiger partial charge in [-0.15, -0.1) is 5.10 Å². The summed E-state index contributed by atoms with van der Waals surface area (Å²) in [6, 6.07) is 11.1. The van der Waals surface area contributed by atoms with Crippen molar-refractivity contribution in [3.63, 3.8) is 0 Å². The summed E-state index contributed by atoms with van der Waals surface area (Å²) in [5.74, 6) is -0.588. The Balaban J connectivity index is 1.76. The van der Waals surface area contributed by atoms with E-state index < -0.39 is 35.9 Å². The van der Waals surface area contributed by atoms with Crippen molar-refractivity contribution >= 4 is 17.5 Å². The summed E-state index contributed by atoms with van der Waals surface area (Å²) in [4.78, 5) is 18.6. The number of carbonyl (C=O) groups is 1. The topological polar surface area (TPSA) is 63.9 Å². The fourth-order valence-electron chi connectivity index (χ4n) is 3.77. The molecule has 0 spiro atoms. The Hall–Kier alpha value is -3.93. The van der Waals surface area contributed by atoms with Crippen molar-refractivity contribution in [1.29, 1.82) is 0 Å². The molecule has 0 aliphatic rings. The first kappa shape index (κ1) is 27.1. The van der Waals surface area contributed by atoms with Gasteiger partial charge in [0.2, 0.25) is 0 Å². The van der Waals surface area contributed by atoms with Crippen molar-refractivity contribution in [1.82, 2.24) is 24.9 Å². The molecule has 38 heavy (non-hydrogen) atoms. The lowest BCUT2D eigenvalue weighted by atomic mass is 10.0. The van der Waals surface area contributed by atoms with E-state index in [9.17, 15) is 31.1 Å². The molecule has 1 amide bonds. The lowest BCUT2D eigenvalue weighted by Gasteiger charge is -2.18. The maximum Gasteiger partial charge on any atom is 0.416 e. The number of carbonyl (C=O) groups excluding carboxylic acids is 1. The highest BCUT2D eigenvalue weighted by Gasteiger charge is 2.37. The number of aromatic nitrogens is 4. The minimum absolute atomic E-state index is 0.0520. The SMILES string of the molecule is CN(Cc1cnccc1Cl)C(=O)c1nnn(Cc2cc(C(F)(F)F)cc(C(F)(F)F)c2)c1-c1ccccc1. The van der Waals surface area contributed by atoms with E-state index in [4.69, 9.17) is 11.6 Å². The Kier molecular flexibility index (Phi) is 7.45. The predicted molar refractivity (Wildman–Crippen MR) is 126 cm³/mol. The van der Waals surface area contributed by atoms with Gasteiger partial charge in [0.15, 0.2) is 5.69 Å². The van der Waals surface area contributed by atoms with Crippen LogP contribution in [0.25, 0.3) is 11.3 Å². The van der Waals surface area contributed by atoms with Gasteiger partial charge in [-0.1, -0.05) is 47.1 Å². The zero-order valence-corrected chi connectivity index (χ0v) is 20.3. The number of pyridine rings is 1. The number of benzene rings is 2. The van der Waals surface area contributed by atoms with Gasteiger partial charge in [0.1, 0.15) is 5.69 Å². The van der Waals surface area contributed by atoms with Crippen LogP contribution in [0.3, 0.4) is 0 Å². The number of hydrogen-bond acceptors (Lipinski definition) is 4. The number of rotatable bonds is 6. The van der Waals surface area contributed by atoms with E-state index in [1.54, 1.807) is 36.4 Å². The average Bonchev–Trinajstić information content (AvgIpc) is 3.27. The van der Waals surface area contributed by atoms with Crippen molar-refractivity contribution in [2.45, 2.75) is 25.4 Å². The Labute approximate surface area is 217 Å². The standard InChI is InChI=1S/C25H18ClF6N5O/c1-36(14-17-12-33-8-7-20(17)26)23(38)21-22(16-5-3-2-4-6-16)37(35-34-21)13-15-9-18(24(27,28)29)11-19(10-15)25(30,31)32/h2-12H,13-14H2,1H3. The molecule has 0 radical (unpaired) electrons. The van der Waals surface area contributed by atoms with Gasteiger partial charge in [0.25, 0.3) is 5.91 Å². The van der Waals surface area contributed by atoms with Crippen LogP contribution in [-0.2, 0) is 25.4 Å². The number of alkyl halides is 6. The van der Waals surface area contributed by atoms with Gasteiger partial charge in [-0.2, -0.15) is 26.3 Å². The van der Waals surface area contributed by atoms with Gasteiger partial charge in [-0.3, -0.25) is 9.78 Å². The van der Waals surface area contributed by atoms with E-state index >= 15 is 0 Å². The van der Waals surface area contributed by atoms with Gasteiger partial charge in [-0.25, -0.2) is 4.68 Å². The van der Waals surface area contributed by atoms with Gasteiger partial charge in [0.05, 0.1) is 17.7 Å². The van der Waals surface area contributed by atoms with E-state index in [1.165, 1.54) is 24.3 Å². The third kappa shape index (κ3) is 5.96. The van der Waals surface area contributed by atoms with Crippen LogP contribution in [0.5, 0.6) is 0 Å². The monoisotopic (exact) mass is 553 g/mol. The fourth-order valence-corrected chi connectivity index (χ4v) is 3.93.